The molecule has 1 aliphatic heterocycles. The monoisotopic (exact) mass is 353 g/mol. The van der Waals surface area contributed by atoms with Crippen molar-refractivity contribution < 1.29 is 21.8 Å². The van der Waals surface area contributed by atoms with Crippen molar-refractivity contribution in [2.24, 2.45) is 5.92 Å². The molecule has 3 fully saturated rings. The van der Waals surface area contributed by atoms with Gasteiger partial charge < -0.3 is 4.74 Å². The van der Waals surface area contributed by atoms with E-state index in [0.29, 0.717) is 18.0 Å². The molecular formula is C20H27FeNO+2. The average Bonchev–Trinajstić information content (AvgIpc) is 3.26. The summed E-state index contributed by atoms with van der Waals surface area (Å²) in [7, 11) is 1.82. The standard InChI is InChI=1S/C20H27NO.Fe/c1-16(17-8-3-4-9-17)14-20(18-10-5-6-11-18)21-13-7-12-19(21)15-22-2;/h3-6,8-11,16,19-20H,7,12-15H2,1-2H3;/q;+2/t16-,19+,20-;/m1./s1. The zero-order chi connectivity index (χ0) is 15.4. The van der Waals surface area contributed by atoms with E-state index in [4.69, 9.17) is 4.74 Å². The van der Waals surface area contributed by atoms with Gasteiger partial charge in [0.1, 0.15) is 0 Å². The molecule has 1 saturated heterocycles. The molecule has 0 aromatic rings. The molecule has 2 aliphatic carbocycles. The number of ether oxygens (including phenoxy) is 1. The van der Waals surface area contributed by atoms with Crippen molar-refractivity contribution in [2.45, 2.75) is 38.3 Å². The fraction of sp³-hybridized carbons (Fsp3) is 0.500. The normalized spacial score (nSPS) is 29.7. The molecule has 3 atom stereocenters. The van der Waals surface area contributed by atoms with Crippen LogP contribution in [-0.2, 0) is 21.8 Å². The number of nitrogens with zero attached hydrogens (tertiary/aromatic N) is 1. The Labute approximate surface area is 154 Å². The van der Waals surface area contributed by atoms with Crippen LogP contribution in [-0.4, -0.2) is 37.2 Å². The van der Waals surface area contributed by atoms with Gasteiger partial charge in [0.05, 0.1) is 6.61 Å². The second-order valence-electron chi connectivity index (χ2n) is 6.58. The van der Waals surface area contributed by atoms with E-state index in [1.54, 1.807) is 0 Å². The maximum absolute atomic E-state index is 5.46. The van der Waals surface area contributed by atoms with E-state index in [-0.39, 0.29) is 17.1 Å². The van der Waals surface area contributed by atoms with Gasteiger partial charge in [0.2, 0.25) is 0 Å². The molecule has 0 aromatic carbocycles. The van der Waals surface area contributed by atoms with Gasteiger partial charge in [-0.05, 0) is 89.0 Å². The molecule has 3 rings (SSSR count). The molecule has 0 aromatic heterocycles. The predicted molar refractivity (Wildman–Crippen MR) is 90.1 cm³/mol. The molecule has 1 heterocycles. The average molecular weight is 353 g/mol. The Kier molecular flexibility index (Phi) is 8.42. The molecule has 0 unspecified atom stereocenters. The zero-order valence-corrected chi connectivity index (χ0v) is 15.2. The van der Waals surface area contributed by atoms with Gasteiger partial charge in [-0.25, -0.2) is 0 Å². The predicted octanol–water partition coefficient (Wildman–Crippen LogP) is 3.30. The summed E-state index contributed by atoms with van der Waals surface area (Å²) in [5.74, 6) is 3.50. The SMILES string of the molecule is COC[C@@H]1CCCN1[C@H](C[C@@H](C)[C]1[CH][CH][CH][CH]1)[C]1[CH][CH][CH][CH]1.[Fe+2]. The topological polar surface area (TPSA) is 12.5 Å². The number of rotatable bonds is 7. The summed E-state index contributed by atoms with van der Waals surface area (Å²) in [6.45, 7) is 4.40. The van der Waals surface area contributed by atoms with Crippen LogP contribution >= 0.6 is 0 Å². The van der Waals surface area contributed by atoms with Crippen LogP contribution in [0, 0.1) is 69.1 Å². The fourth-order valence-electron chi connectivity index (χ4n) is 3.90. The molecule has 0 spiro atoms. The Morgan fingerprint density at radius 2 is 1.70 bits per heavy atom. The van der Waals surface area contributed by atoms with E-state index in [1.807, 2.05) is 7.11 Å². The Morgan fingerprint density at radius 3 is 2.30 bits per heavy atom. The van der Waals surface area contributed by atoms with Crippen LogP contribution in [0.4, 0.5) is 0 Å². The van der Waals surface area contributed by atoms with Crippen LogP contribution in [0.1, 0.15) is 26.2 Å². The Balaban J connectivity index is 0.00000192. The van der Waals surface area contributed by atoms with E-state index < -0.39 is 0 Å². The van der Waals surface area contributed by atoms with Crippen molar-refractivity contribution in [3.05, 3.63) is 63.2 Å². The molecule has 10 radical (unpaired) electrons. The number of likely N-dealkylation sites (tertiary alicyclic amines) is 1. The van der Waals surface area contributed by atoms with Crippen LogP contribution < -0.4 is 0 Å². The summed E-state index contributed by atoms with van der Waals surface area (Å²) in [4.78, 5) is 2.68. The Morgan fingerprint density at radius 1 is 1.09 bits per heavy atom. The van der Waals surface area contributed by atoms with Crippen LogP contribution in [0.3, 0.4) is 0 Å². The molecule has 23 heavy (non-hydrogen) atoms. The van der Waals surface area contributed by atoms with Crippen LogP contribution in [0.25, 0.3) is 0 Å². The van der Waals surface area contributed by atoms with Gasteiger partial charge in [0.25, 0.3) is 0 Å². The molecule has 124 valence electrons. The van der Waals surface area contributed by atoms with Gasteiger partial charge in [-0.3, -0.25) is 4.90 Å². The van der Waals surface area contributed by atoms with Crippen molar-refractivity contribution >= 4 is 0 Å². The van der Waals surface area contributed by atoms with E-state index in [9.17, 15) is 0 Å². The van der Waals surface area contributed by atoms with E-state index in [1.165, 1.54) is 37.6 Å². The summed E-state index contributed by atoms with van der Waals surface area (Å²) in [5, 5.41) is 0. The third-order valence-electron chi connectivity index (χ3n) is 5.09. The first-order valence-corrected chi connectivity index (χ1v) is 8.47. The van der Waals surface area contributed by atoms with Gasteiger partial charge in [-0.2, -0.15) is 0 Å². The molecule has 0 N–H and O–H groups in total. The second-order valence-corrected chi connectivity index (χ2v) is 6.58. The van der Waals surface area contributed by atoms with Gasteiger partial charge >= 0.3 is 17.1 Å². The van der Waals surface area contributed by atoms with Gasteiger partial charge in [0, 0.05) is 25.1 Å². The molecule has 2 saturated carbocycles. The summed E-state index contributed by atoms with van der Waals surface area (Å²) in [6, 6.07) is 1.07. The third kappa shape index (κ3) is 4.97. The van der Waals surface area contributed by atoms with Crippen molar-refractivity contribution in [1.29, 1.82) is 0 Å². The molecule has 3 heteroatoms. The van der Waals surface area contributed by atoms with E-state index >= 15 is 0 Å². The first-order chi connectivity index (χ1) is 10.8. The van der Waals surface area contributed by atoms with Crippen LogP contribution in [0.2, 0.25) is 0 Å². The van der Waals surface area contributed by atoms with E-state index in [0.717, 1.165) is 6.61 Å². The van der Waals surface area contributed by atoms with Crippen molar-refractivity contribution in [3.63, 3.8) is 0 Å². The maximum atomic E-state index is 5.46. The van der Waals surface area contributed by atoms with E-state index in [2.05, 4.69) is 63.2 Å². The summed E-state index contributed by atoms with van der Waals surface area (Å²) < 4.78 is 5.46. The van der Waals surface area contributed by atoms with Gasteiger partial charge in [-0.1, -0.05) is 6.92 Å². The van der Waals surface area contributed by atoms with Gasteiger partial charge in [-0.15, -0.1) is 0 Å². The number of methoxy groups -OCH3 is 1. The quantitative estimate of drug-likeness (QED) is 0.651. The molecular weight excluding hydrogens is 326 g/mol. The first kappa shape index (κ1) is 19.8. The van der Waals surface area contributed by atoms with Gasteiger partial charge in [0.15, 0.2) is 0 Å². The fourth-order valence-corrected chi connectivity index (χ4v) is 3.90. The minimum absolute atomic E-state index is 0. The summed E-state index contributed by atoms with van der Waals surface area (Å²) in [6.07, 6.45) is 21.4. The first-order valence-electron chi connectivity index (χ1n) is 8.47. The second kappa shape index (κ2) is 9.80. The largest absolute Gasteiger partial charge is 2.00 e. The van der Waals surface area contributed by atoms with Crippen LogP contribution in [0.15, 0.2) is 0 Å². The minimum atomic E-state index is 0. The number of hydrogen-bond acceptors (Lipinski definition) is 2. The minimum Gasteiger partial charge on any atom is -0.383 e. The maximum Gasteiger partial charge on any atom is 2.00 e. The van der Waals surface area contributed by atoms with Crippen LogP contribution in [0.5, 0.6) is 0 Å². The Bertz CT molecular complexity index is 326. The zero-order valence-electron chi connectivity index (χ0n) is 14.1. The van der Waals surface area contributed by atoms with Crippen molar-refractivity contribution in [2.75, 3.05) is 20.3 Å². The summed E-state index contributed by atoms with van der Waals surface area (Å²) in [5.41, 5.74) is 0. The molecule has 2 nitrogen and oxygen atoms in total. The molecule has 3 aliphatic rings. The van der Waals surface area contributed by atoms with Crippen molar-refractivity contribution in [3.8, 4) is 0 Å². The number of hydrogen-bond donors (Lipinski definition) is 0. The molecule has 0 amide bonds. The summed E-state index contributed by atoms with van der Waals surface area (Å²) >= 11 is 0. The smallest absolute Gasteiger partial charge is 0.383 e. The molecule has 0 bridgehead atoms. The van der Waals surface area contributed by atoms with Crippen molar-refractivity contribution in [1.82, 2.24) is 4.90 Å². The third-order valence-corrected chi connectivity index (χ3v) is 5.09. The Hall–Kier alpha value is 0.439.